The van der Waals surface area contributed by atoms with Crippen molar-refractivity contribution in [2.24, 2.45) is 16.3 Å². The first kappa shape index (κ1) is 24.4. The second kappa shape index (κ2) is 13.6. The van der Waals surface area contributed by atoms with Crippen LogP contribution in [-0.4, -0.2) is 65.0 Å². The van der Waals surface area contributed by atoms with Gasteiger partial charge in [0.2, 0.25) is 5.91 Å². The average molecular weight is 470 g/mol. The van der Waals surface area contributed by atoms with Gasteiger partial charge < -0.3 is 25.4 Å². The van der Waals surface area contributed by atoms with Crippen LogP contribution in [0.4, 0.5) is 0 Å². The van der Waals surface area contributed by atoms with Crippen molar-refractivity contribution < 1.29 is 14.3 Å². The van der Waals surface area contributed by atoms with E-state index in [0.717, 1.165) is 45.8 Å². The van der Waals surface area contributed by atoms with Crippen LogP contribution in [0.25, 0.3) is 0 Å². The Morgan fingerprint density at radius 1 is 1.32 bits per heavy atom. The lowest BCUT2D eigenvalue weighted by Gasteiger charge is -2.24. The van der Waals surface area contributed by atoms with Crippen LogP contribution in [0.15, 0.2) is 4.99 Å². The van der Waals surface area contributed by atoms with Crippen molar-refractivity contribution in [3.8, 4) is 0 Å². The second-order valence-electron chi connectivity index (χ2n) is 6.75. The van der Waals surface area contributed by atoms with Gasteiger partial charge in [0.15, 0.2) is 5.96 Å². The fourth-order valence-corrected chi connectivity index (χ4v) is 2.35. The number of nitrogens with zero attached hydrogens (tertiary/aromatic N) is 1. The lowest BCUT2D eigenvalue weighted by atomic mass is 9.92. The highest BCUT2D eigenvalue weighted by molar-refractivity contribution is 14.0. The highest BCUT2D eigenvalue weighted by atomic mass is 127. The van der Waals surface area contributed by atoms with Crippen molar-refractivity contribution >= 4 is 35.8 Å². The predicted octanol–water partition coefficient (Wildman–Crippen LogP) is 1.37. The second-order valence-corrected chi connectivity index (χ2v) is 6.75. The molecule has 0 saturated carbocycles. The summed E-state index contributed by atoms with van der Waals surface area (Å²) in [6.07, 6.45) is 2.02. The molecule has 1 rings (SSSR count). The minimum absolute atomic E-state index is 0. The third-order valence-electron chi connectivity index (χ3n) is 4.01. The number of ether oxygens (including phenoxy) is 2. The Morgan fingerprint density at radius 3 is 2.68 bits per heavy atom. The quantitative estimate of drug-likeness (QED) is 0.195. The molecule has 0 bridgehead atoms. The lowest BCUT2D eigenvalue weighted by molar-refractivity contribution is -0.128. The summed E-state index contributed by atoms with van der Waals surface area (Å²) in [5, 5.41) is 9.30. The summed E-state index contributed by atoms with van der Waals surface area (Å²) in [6, 6.07) is 0. The van der Waals surface area contributed by atoms with E-state index in [1.54, 1.807) is 7.05 Å². The molecule has 0 aliphatic carbocycles. The normalized spacial score (nSPS) is 17.8. The molecule has 3 N–H and O–H groups in total. The molecule has 1 fully saturated rings. The topological polar surface area (TPSA) is 84.0 Å². The molecular weight excluding hydrogens is 435 g/mol. The van der Waals surface area contributed by atoms with Crippen molar-refractivity contribution in [3.05, 3.63) is 0 Å². The summed E-state index contributed by atoms with van der Waals surface area (Å²) >= 11 is 0. The van der Waals surface area contributed by atoms with Gasteiger partial charge in [-0.1, -0.05) is 0 Å². The zero-order valence-corrected chi connectivity index (χ0v) is 18.4. The van der Waals surface area contributed by atoms with E-state index >= 15 is 0 Å². The Bertz CT molecular complexity index is 399. The van der Waals surface area contributed by atoms with Crippen LogP contribution in [0.3, 0.4) is 0 Å². The van der Waals surface area contributed by atoms with Crippen molar-refractivity contribution in [2.45, 2.75) is 33.6 Å². The number of amides is 1. The fourth-order valence-electron chi connectivity index (χ4n) is 2.35. The fraction of sp³-hybridized carbons (Fsp3) is 0.882. The van der Waals surface area contributed by atoms with E-state index in [0.29, 0.717) is 25.0 Å². The smallest absolute Gasteiger partial charge is 0.227 e. The largest absolute Gasteiger partial charge is 0.381 e. The van der Waals surface area contributed by atoms with Gasteiger partial charge in [0.05, 0.1) is 18.6 Å². The van der Waals surface area contributed by atoms with Gasteiger partial charge in [-0.15, -0.1) is 24.0 Å². The van der Waals surface area contributed by atoms with E-state index < -0.39 is 5.41 Å². The zero-order valence-electron chi connectivity index (χ0n) is 16.0. The number of carbonyl (C=O) groups is 1. The molecule has 1 saturated heterocycles. The highest BCUT2D eigenvalue weighted by Crippen LogP contribution is 2.13. The molecule has 1 heterocycles. The number of nitrogens with one attached hydrogen (secondary N) is 3. The number of rotatable bonds is 10. The number of guanidine groups is 1. The highest BCUT2D eigenvalue weighted by Gasteiger charge is 2.27. The SMILES string of the molecule is CCNC(=O)C(C)(C)CNC(=NC)NCCCOCC1CCOC1.I. The van der Waals surface area contributed by atoms with Crippen LogP contribution in [0.1, 0.15) is 33.6 Å². The van der Waals surface area contributed by atoms with Gasteiger partial charge in [-0.25, -0.2) is 0 Å². The molecule has 1 amide bonds. The van der Waals surface area contributed by atoms with Crippen molar-refractivity contribution in [1.29, 1.82) is 0 Å². The maximum atomic E-state index is 12.0. The maximum Gasteiger partial charge on any atom is 0.227 e. The molecule has 1 aliphatic rings. The lowest BCUT2D eigenvalue weighted by Crippen LogP contribution is -2.48. The van der Waals surface area contributed by atoms with Gasteiger partial charge in [0, 0.05) is 45.8 Å². The van der Waals surface area contributed by atoms with Crippen LogP contribution in [-0.2, 0) is 14.3 Å². The van der Waals surface area contributed by atoms with Crippen molar-refractivity contribution in [1.82, 2.24) is 16.0 Å². The minimum atomic E-state index is -0.486. The molecule has 0 spiro atoms. The van der Waals surface area contributed by atoms with E-state index in [-0.39, 0.29) is 29.9 Å². The summed E-state index contributed by atoms with van der Waals surface area (Å²) in [4.78, 5) is 16.2. The first-order valence-electron chi connectivity index (χ1n) is 8.88. The summed E-state index contributed by atoms with van der Waals surface area (Å²) in [6.45, 7) is 10.9. The molecule has 1 unspecified atom stereocenters. The average Bonchev–Trinajstić information content (AvgIpc) is 3.07. The van der Waals surface area contributed by atoms with Crippen LogP contribution in [0, 0.1) is 11.3 Å². The summed E-state index contributed by atoms with van der Waals surface area (Å²) in [5.74, 6) is 1.30. The molecule has 148 valence electrons. The minimum Gasteiger partial charge on any atom is -0.381 e. The van der Waals surface area contributed by atoms with Crippen molar-refractivity contribution in [3.63, 3.8) is 0 Å². The third kappa shape index (κ3) is 10.2. The number of aliphatic imine (C=N–C) groups is 1. The zero-order chi connectivity index (χ0) is 17.8. The maximum absolute atomic E-state index is 12.0. The van der Waals surface area contributed by atoms with E-state index in [9.17, 15) is 4.79 Å². The third-order valence-corrected chi connectivity index (χ3v) is 4.01. The molecule has 0 radical (unpaired) electrons. The van der Waals surface area contributed by atoms with Gasteiger partial charge in [-0.2, -0.15) is 0 Å². The van der Waals surface area contributed by atoms with Gasteiger partial charge in [-0.3, -0.25) is 9.79 Å². The Balaban J connectivity index is 0.00000576. The molecule has 8 heteroatoms. The Labute approximate surface area is 169 Å². The molecule has 1 atom stereocenters. The Hall–Kier alpha value is -0.610. The van der Waals surface area contributed by atoms with E-state index in [1.165, 1.54) is 0 Å². The summed E-state index contributed by atoms with van der Waals surface area (Å²) in [5.41, 5.74) is -0.486. The molecule has 0 aromatic heterocycles. The van der Waals surface area contributed by atoms with E-state index in [4.69, 9.17) is 9.47 Å². The Morgan fingerprint density at radius 2 is 2.08 bits per heavy atom. The molecule has 1 aliphatic heterocycles. The predicted molar refractivity (Wildman–Crippen MR) is 112 cm³/mol. The van der Waals surface area contributed by atoms with Gasteiger partial charge >= 0.3 is 0 Å². The summed E-state index contributed by atoms with van der Waals surface area (Å²) in [7, 11) is 1.73. The first-order valence-corrected chi connectivity index (χ1v) is 8.88. The molecule has 7 nitrogen and oxygen atoms in total. The van der Waals surface area contributed by atoms with Gasteiger partial charge in [0.25, 0.3) is 0 Å². The van der Waals surface area contributed by atoms with E-state index in [2.05, 4.69) is 20.9 Å². The van der Waals surface area contributed by atoms with Crippen LogP contribution >= 0.6 is 24.0 Å². The molecule has 25 heavy (non-hydrogen) atoms. The standard InChI is InChI=1S/C17H34N4O3.HI/c1-5-19-15(22)17(2,3)13-21-16(18-4)20-8-6-9-23-11-14-7-10-24-12-14;/h14H,5-13H2,1-4H3,(H,19,22)(H2,18,20,21);1H. The van der Waals surface area contributed by atoms with Crippen LogP contribution < -0.4 is 16.0 Å². The number of hydrogen-bond acceptors (Lipinski definition) is 4. The van der Waals surface area contributed by atoms with Gasteiger partial charge in [0.1, 0.15) is 0 Å². The van der Waals surface area contributed by atoms with Crippen LogP contribution in [0.2, 0.25) is 0 Å². The molecular formula is C17H35IN4O3. The molecule has 0 aromatic rings. The first-order chi connectivity index (χ1) is 11.5. The summed E-state index contributed by atoms with van der Waals surface area (Å²) < 4.78 is 11.0. The van der Waals surface area contributed by atoms with E-state index in [1.807, 2.05) is 20.8 Å². The molecule has 0 aromatic carbocycles. The van der Waals surface area contributed by atoms with Crippen molar-refractivity contribution in [2.75, 3.05) is 53.1 Å². The Kier molecular flexibility index (Phi) is 13.2. The van der Waals surface area contributed by atoms with Gasteiger partial charge in [-0.05, 0) is 33.6 Å². The number of hydrogen-bond donors (Lipinski definition) is 3. The van der Waals surface area contributed by atoms with Crippen LogP contribution in [0.5, 0.6) is 0 Å². The number of carbonyl (C=O) groups excluding carboxylic acids is 1. The number of halogens is 1. The monoisotopic (exact) mass is 470 g/mol.